The fraction of sp³-hybridized carbons (Fsp3) is 0.136. The lowest BCUT2D eigenvalue weighted by molar-refractivity contribution is 0.103. The average Bonchev–Trinajstić information content (AvgIpc) is 3.50. The summed E-state index contributed by atoms with van der Waals surface area (Å²) in [6, 6.07) is 5.05. The highest BCUT2D eigenvalue weighted by atomic mass is 16.3. The monoisotopic (exact) mass is 416 g/mol. The van der Waals surface area contributed by atoms with Crippen LogP contribution < -0.4 is 5.73 Å². The van der Waals surface area contributed by atoms with E-state index in [4.69, 9.17) is 10.2 Å². The van der Waals surface area contributed by atoms with Crippen molar-refractivity contribution >= 4 is 22.7 Å². The summed E-state index contributed by atoms with van der Waals surface area (Å²) >= 11 is 0. The lowest BCUT2D eigenvalue weighted by Crippen LogP contribution is -2.09. The van der Waals surface area contributed by atoms with Crippen molar-refractivity contribution in [3.63, 3.8) is 0 Å². The third-order valence-corrected chi connectivity index (χ3v) is 5.48. The number of rotatable bonds is 4. The van der Waals surface area contributed by atoms with Gasteiger partial charge in [0.2, 0.25) is 5.78 Å². The highest BCUT2D eigenvalue weighted by Gasteiger charge is 2.23. The molecule has 9 heteroatoms. The SMILES string of the molecule is Cc1ccc(O)c(C)c1-n1ncc(C(=O)c2cc3occ(-c4cnn(C)c4)c3[nH]2)c1N. The molecular formula is C22H20N6O3. The summed E-state index contributed by atoms with van der Waals surface area (Å²) in [6.07, 6.45) is 6.67. The topological polar surface area (TPSA) is 128 Å². The first-order valence-electron chi connectivity index (χ1n) is 9.62. The number of phenols is 1. The molecule has 0 saturated carbocycles. The van der Waals surface area contributed by atoms with Gasteiger partial charge < -0.3 is 20.2 Å². The van der Waals surface area contributed by atoms with Gasteiger partial charge in [-0.15, -0.1) is 0 Å². The van der Waals surface area contributed by atoms with E-state index in [0.29, 0.717) is 28.0 Å². The summed E-state index contributed by atoms with van der Waals surface area (Å²) in [6.45, 7) is 3.67. The summed E-state index contributed by atoms with van der Waals surface area (Å²) < 4.78 is 8.80. The van der Waals surface area contributed by atoms with Crippen molar-refractivity contribution in [2.24, 2.45) is 7.05 Å². The maximum Gasteiger partial charge on any atom is 0.214 e. The summed E-state index contributed by atoms with van der Waals surface area (Å²) in [5, 5.41) is 18.6. The number of aromatic nitrogens is 5. The molecule has 156 valence electrons. The maximum absolute atomic E-state index is 13.2. The van der Waals surface area contributed by atoms with Crippen molar-refractivity contribution in [2.45, 2.75) is 13.8 Å². The molecule has 0 bridgehead atoms. The van der Waals surface area contributed by atoms with E-state index in [1.165, 1.54) is 10.9 Å². The highest BCUT2D eigenvalue weighted by molar-refractivity contribution is 6.13. The zero-order valence-electron chi connectivity index (χ0n) is 17.2. The standard InChI is InChI=1S/C22H20N6O3/c1-11-4-5-17(29)12(2)20(11)28-22(23)14(8-25-28)21(30)16-6-18-19(26-16)15(10-31-18)13-7-24-27(3)9-13/h4-10,26,29H,23H2,1-3H3. The molecule has 4 N–H and O–H groups in total. The Balaban J connectivity index is 1.56. The van der Waals surface area contributed by atoms with Crippen molar-refractivity contribution in [1.29, 1.82) is 0 Å². The number of carbonyl (C=O) groups is 1. The Bertz CT molecular complexity index is 1470. The molecule has 5 rings (SSSR count). The van der Waals surface area contributed by atoms with Gasteiger partial charge in [-0.2, -0.15) is 10.2 Å². The largest absolute Gasteiger partial charge is 0.508 e. The molecule has 0 amide bonds. The molecule has 0 spiro atoms. The minimum Gasteiger partial charge on any atom is -0.508 e. The molecule has 5 aromatic rings. The predicted octanol–water partition coefficient (Wildman–Crippen LogP) is 3.48. The number of aromatic amines is 1. The summed E-state index contributed by atoms with van der Waals surface area (Å²) in [5.74, 6) is 0.0271. The van der Waals surface area contributed by atoms with Crippen LogP contribution in [0.15, 0.2) is 47.5 Å². The van der Waals surface area contributed by atoms with Crippen LogP contribution in [0.5, 0.6) is 5.75 Å². The van der Waals surface area contributed by atoms with E-state index in [1.54, 1.807) is 42.3 Å². The number of nitrogens with one attached hydrogen (secondary N) is 1. The molecule has 0 aliphatic rings. The second-order valence-electron chi connectivity index (χ2n) is 7.53. The minimum absolute atomic E-state index is 0.135. The molecular weight excluding hydrogens is 396 g/mol. The maximum atomic E-state index is 13.2. The number of hydrogen-bond acceptors (Lipinski definition) is 6. The highest BCUT2D eigenvalue weighted by Crippen LogP contribution is 2.32. The molecule has 31 heavy (non-hydrogen) atoms. The van der Waals surface area contributed by atoms with Crippen molar-refractivity contribution < 1.29 is 14.3 Å². The third kappa shape index (κ3) is 2.82. The number of phenolic OH excluding ortho intramolecular Hbond substituents is 1. The molecule has 0 aliphatic carbocycles. The molecule has 0 aliphatic heterocycles. The number of fused-ring (bicyclic) bond motifs is 1. The van der Waals surface area contributed by atoms with Gasteiger partial charge in [0.05, 0.1) is 34.9 Å². The lowest BCUT2D eigenvalue weighted by Gasteiger charge is -2.13. The van der Waals surface area contributed by atoms with Crippen molar-refractivity contribution in [1.82, 2.24) is 24.5 Å². The number of aryl methyl sites for hydroxylation is 2. The van der Waals surface area contributed by atoms with Gasteiger partial charge in [0.25, 0.3) is 0 Å². The van der Waals surface area contributed by atoms with E-state index in [2.05, 4.69) is 15.2 Å². The zero-order valence-corrected chi connectivity index (χ0v) is 17.2. The van der Waals surface area contributed by atoms with Crippen LogP contribution in [0.3, 0.4) is 0 Å². The normalized spacial score (nSPS) is 11.5. The van der Waals surface area contributed by atoms with Crippen molar-refractivity contribution in [2.75, 3.05) is 5.73 Å². The van der Waals surface area contributed by atoms with E-state index in [0.717, 1.165) is 16.7 Å². The fourth-order valence-corrected chi connectivity index (χ4v) is 3.81. The molecule has 1 aromatic carbocycles. The van der Waals surface area contributed by atoms with Crippen LogP contribution in [0.25, 0.3) is 27.9 Å². The van der Waals surface area contributed by atoms with Gasteiger partial charge in [-0.1, -0.05) is 6.07 Å². The molecule has 0 radical (unpaired) electrons. The first kappa shape index (κ1) is 18.7. The Morgan fingerprint density at radius 2 is 2.03 bits per heavy atom. The first-order valence-corrected chi connectivity index (χ1v) is 9.62. The number of hydrogen-bond donors (Lipinski definition) is 3. The van der Waals surface area contributed by atoms with Crippen LogP contribution in [0.2, 0.25) is 0 Å². The van der Waals surface area contributed by atoms with Gasteiger partial charge in [-0.25, -0.2) is 4.68 Å². The van der Waals surface area contributed by atoms with Crippen LogP contribution in [0.4, 0.5) is 5.82 Å². The average molecular weight is 416 g/mol. The van der Waals surface area contributed by atoms with E-state index in [1.807, 2.05) is 20.2 Å². The van der Waals surface area contributed by atoms with Crippen molar-refractivity contribution in [3.05, 3.63) is 65.4 Å². The van der Waals surface area contributed by atoms with E-state index < -0.39 is 0 Å². The van der Waals surface area contributed by atoms with Crippen LogP contribution >= 0.6 is 0 Å². The molecule has 0 unspecified atom stereocenters. The van der Waals surface area contributed by atoms with Crippen LogP contribution in [-0.2, 0) is 7.05 Å². The number of aromatic hydroxyl groups is 1. The predicted molar refractivity (Wildman–Crippen MR) is 115 cm³/mol. The van der Waals surface area contributed by atoms with Crippen LogP contribution in [0.1, 0.15) is 27.2 Å². The van der Waals surface area contributed by atoms with Gasteiger partial charge in [0.15, 0.2) is 5.58 Å². The van der Waals surface area contributed by atoms with Gasteiger partial charge in [0, 0.05) is 36.0 Å². The Morgan fingerprint density at radius 3 is 2.77 bits per heavy atom. The van der Waals surface area contributed by atoms with Gasteiger partial charge in [-0.05, 0) is 25.5 Å². The number of nitrogens with zero attached hydrogens (tertiary/aromatic N) is 4. The first-order chi connectivity index (χ1) is 14.8. The summed E-state index contributed by atoms with van der Waals surface area (Å²) in [7, 11) is 1.83. The molecule has 0 saturated heterocycles. The third-order valence-electron chi connectivity index (χ3n) is 5.48. The van der Waals surface area contributed by atoms with Crippen LogP contribution in [0, 0.1) is 13.8 Å². The van der Waals surface area contributed by atoms with Crippen molar-refractivity contribution in [3.8, 4) is 22.6 Å². The molecule has 4 aromatic heterocycles. The van der Waals surface area contributed by atoms with E-state index in [-0.39, 0.29) is 22.9 Å². The summed E-state index contributed by atoms with van der Waals surface area (Å²) in [4.78, 5) is 16.3. The number of nitrogens with two attached hydrogens (primary N) is 1. The smallest absolute Gasteiger partial charge is 0.214 e. The fourth-order valence-electron chi connectivity index (χ4n) is 3.81. The Morgan fingerprint density at radius 1 is 1.23 bits per heavy atom. The Hall–Kier alpha value is -4.27. The van der Waals surface area contributed by atoms with Gasteiger partial charge >= 0.3 is 0 Å². The molecule has 4 heterocycles. The number of nitrogen functional groups attached to an aromatic ring is 1. The molecule has 0 atom stereocenters. The number of carbonyl (C=O) groups excluding carboxylic acids is 1. The minimum atomic E-state index is -0.303. The second kappa shape index (κ2) is 6.63. The summed E-state index contributed by atoms with van der Waals surface area (Å²) in [5.41, 5.74) is 12.0. The number of anilines is 1. The zero-order chi connectivity index (χ0) is 21.9. The van der Waals surface area contributed by atoms with Gasteiger partial charge in [-0.3, -0.25) is 9.48 Å². The number of ketones is 1. The lowest BCUT2D eigenvalue weighted by atomic mass is 10.1. The number of furan rings is 1. The van der Waals surface area contributed by atoms with Gasteiger partial charge in [0.1, 0.15) is 17.8 Å². The second-order valence-corrected chi connectivity index (χ2v) is 7.53. The quantitative estimate of drug-likeness (QED) is 0.385. The number of H-pyrrole nitrogens is 1. The Kier molecular flexibility index (Phi) is 4.01. The molecule has 0 fully saturated rings. The Labute approximate surface area is 176 Å². The molecule has 9 nitrogen and oxygen atoms in total. The van der Waals surface area contributed by atoms with Crippen LogP contribution in [-0.4, -0.2) is 35.4 Å². The number of benzene rings is 1. The van der Waals surface area contributed by atoms with E-state index in [9.17, 15) is 9.90 Å². The van der Waals surface area contributed by atoms with E-state index >= 15 is 0 Å².